The molecule has 2 N–H and O–H groups in total. The molecular formula is C25H29N3O4S. The largest absolute Gasteiger partial charge is 0.497 e. The van der Waals surface area contributed by atoms with Crippen LogP contribution in [0.1, 0.15) is 43.5 Å². The Morgan fingerprint density at radius 1 is 1.12 bits per heavy atom. The number of hydrogen-bond donors (Lipinski definition) is 2. The second kappa shape index (κ2) is 9.39. The highest BCUT2D eigenvalue weighted by Crippen LogP contribution is 2.30. The van der Waals surface area contributed by atoms with Gasteiger partial charge in [0.2, 0.25) is 0 Å². The molecule has 7 nitrogen and oxygen atoms in total. The Kier molecular flexibility index (Phi) is 6.56. The van der Waals surface area contributed by atoms with E-state index in [9.17, 15) is 9.59 Å². The van der Waals surface area contributed by atoms with Gasteiger partial charge >= 0.3 is 0 Å². The van der Waals surface area contributed by atoms with Crippen molar-refractivity contribution in [2.45, 2.75) is 39.2 Å². The molecule has 3 atom stereocenters. The van der Waals surface area contributed by atoms with Crippen molar-refractivity contribution in [2.75, 3.05) is 14.2 Å². The summed E-state index contributed by atoms with van der Waals surface area (Å²) in [4.78, 5) is 29.4. The Morgan fingerprint density at radius 2 is 1.91 bits per heavy atom. The van der Waals surface area contributed by atoms with Crippen molar-refractivity contribution in [3.05, 3.63) is 57.1 Å². The maximum Gasteiger partial charge on any atom is 0.266 e. The molecule has 1 amide bonds. The van der Waals surface area contributed by atoms with Crippen LogP contribution in [0, 0.1) is 16.6 Å². The van der Waals surface area contributed by atoms with Crippen LogP contribution in [-0.2, 0) is 0 Å². The first-order valence-corrected chi connectivity index (χ1v) is 11.6. The average Bonchev–Trinajstić information content (AvgIpc) is 2.81. The molecule has 33 heavy (non-hydrogen) atoms. The van der Waals surface area contributed by atoms with Gasteiger partial charge in [0.05, 0.1) is 30.8 Å². The van der Waals surface area contributed by atoms with E-state index in [0.29, 0.717) is 45.5 Å². The van der Waals surface area contributed by atoms with Gasteiger partial charge in [0.1, 0.15) is 11.5 Å². The number of nitrogens with one attached hydrogen (secondary N) is 2. The summed E-state index contributed by atoms with van der Waals surface area (Å²) >= 11 is 5.51. The van der Waals surface area contributed by atoms with Crippen molar-refractivity contribution in [3.63, 3.8) is 0 Å². The predicted octanol–water partition coefficient (Wildman–Crippen LogP) is 4.62. The predicted molar refractivity (Wildman–Crippen MR) is 131 cm³/mol. The number of fused-ring (bicyclic) bond motifs is 1. The number of H-pyrrole nitrogens is 1. The Bertz CT molecular complexity index is 1310. The molecule has 0 saturated heterocycles. The number of nitrogens with zero attached hydrogens (tertiary/aromatic N) is 1. The number of methoxy groups -OCH3 is 2. The molecule has 1 heterocycles. The summed E-state index contributed by atoms with van der Waals surface area (Å²) in [6, 6.07) is 10.4. The lowest BCUT2D eigenvalue weighted by Crippen LogP contribution is -2.43. The van der Waals surface area contributed by atoms with Crippen molar-refractivity contribution in [2.24, 2.45) is 11.8 Å². The third-order valence-electron chi connectivity index (χ3n) is 6.81. The van der Waals surface area contributed by atoms with Crippen LogP contribution in [0.15, 0.2) is 41.2 Å². The van der Waals surface area contributed by atoms with Gasteiger partial charge in [-0.1, -0.05) is 26.7 Å². The number of aromatic amines is 1. The lowest BCUT2D eigenvalue weighted by Gasteiger charge is -2.34. The number of carbonyl (C=O) groups excluding carboxylic acids is 1. The van der Waals surface area contributed by atoms with E-state index in [-0.39, 0.29) is 22.3 Å². The molecule has 0 unspecified atom stereocenters. The molecule has 174 valence electrons. The van der Waals surface area contributed by atoms with Crippen molar-refractivity contribution in [1.82, 2.24) is 14.9 Å². The molecule has 3 aromatic rings. The summed E-state index contributed by atoms with van der Waals surface area (Å²) in [5.74, 6) is 1.95. The van der Waals surface area contributed by atoms with E-state index >= 15 is 0 Å². The minimum atomic E-state index is -0.293. The minimum absolute atomic E-state index is 0.136. The van der Waals surface area contributed by atoms with E-state index in [4.69, 9.17) is 21.7 Å². The third-order valence-corrected chi connectivity index (χ3v) is 7.10. The van der Waals surface area contributed by atoms with Crippen molar-refractivity contribution >= 4 is 29.0 Å². The zero-order chi connectivity index (χ0) is 23.7. The molecule has 1 aliphatic carbocycles. The Hall–Kier alpha value is -3.13. The van der Waals surface area contributed by atoms with Crippen LogP contribution in [0.4, 0.5) is 0 Å². The number of carbonyl (C=O) groups is 1. The Morgan fingerprint density at radius 3 is 2.64 bits per heavy atom. The summed E-state index contributed by atoms with van der Waals surface area (Å²) in [5.41, 5.74) is 1.23. The number of hydrogen-bond acceptors (Lipinski definition) is 5. The maximum absolute atomic E-state index is 13.3. The zero-order valence-corrected chi connectivity index (χ0v) is 20.1. The summed E-state index contributed by atoms with van der Waals surface area (Å²) in [5, 5.41) is 3.61. The average molecular weight is 468 g/mol. The van der Waals surface area contributed by atoms with Gasteiger partial charge in [-0.2, -0.15) is 0 Å². The molecule has 1 fully saturated rings. The smallest absolute Gasteiger partial charge is 0.266 e. The van der Waals surface area contributed by atoms with Crippen LogP contribution >= 0.6 is 12.2 Å². The van der Waals surface area contributed by atoms with Crippen LogP contribution in [0.5, 0.6) is 11.5 Å². The van der Waals surface area contributed by atoms with Crippen LogP contribution in [0.25, 0.3) is 16.6 Å². The first-order valence-electron chi connectivity index (χ1n) is 11.2. The summed E-state index contributed by atoms with van der Waals surface area (Å²) < 4.78 is 12.3. The second-order valence-corrected chi connectivity index (χ2v) is 9.10. The monoisotopic (exact) mass is 467 g/mol. The summed E-state index contributed by atoms with van der Waals surface area (Å²) in [6.45, 7) is 4.43. The number of amides is 1. The molecule has 0 aliphatic heterocycles. The Balaban J connectivity index is 1.71. The molecular weight excluding hydrogens is 438 g/mol. The highest BCUT2D eigenvalue weighted by Gasteiger charge is 2.28. The van der Waals surface area contributed by atoms with Gasteiger partial charge in [-0.05, 0) is 60.8 Å². The van der Waals surface area contributed by atoms with E-state index in [1.807, 2.05) is 0 Å². The molecule has 1 aliphatic rings. The molecule has 1 saturated carbocycles. The fourth-order valence-electron chi connectivity index (χ4n) is 4.59. The van der Waals surface area contributed by atoms with Crippen LogP contribution in [0.3, 0.4) is 0 Å². The fourth-order valence-corrected chi connectivity index (χ4v) is 4.88. The standard InChI is InChI=1S/C25H29N3O4S/c1-14-6-5-7-19(15(14)2)26-23(29)16-8-10-18-20(12-16)27-25(33)28(24(18)30)21-11-9-17(31-3)13-22(21)32-4/h8-15,19H,5-7H2,1-4H3,(H,26,29)(H,27,33)/t14-,15+,19+/m0/s1. The Labute approximate surface area is 197 Å². The lowest BCUT2D eigenvalue weighted by atomic mass is 9.78. The van der Waals surface area contributed by atoms with Crippen LogP contribution < -0.4 is 20.3 Å². The van der Waals surface area contributed by atoms with E-state index in [1.54, 1.807) is 43.5 Å². The van der Waals surface area contributed by atoms with Crippen molar-refractivity contribution in [3.8, 4) is 17.2 Å². The number of ether oxygens (including phenoxy) is 2. The van der Waals surface area contributed by atoms with Gasteiger partial charge in [-0.25, -0.2) is 4.57 Å². The van der Waals surface area contributed by atoms with Crippen LogP contribution in [0.2, 0.25) is 0 Å². The molecule has 2 aromatic carbocycles. The van der Waals surface area contributed by atoms with Gasteiger partial charge in [-0.15, -0.1) is 0 Å². The second-order valence-electron chi connectivity index (χ2n) is 8.72. The molecule has 0 radical (unpaired) electrons. The van der Waals surface area contributed by atoms with E-state index < -0.39 is 0 Å². The highest BCUT2D eigenvalue weighted by atomic mass is 32.1. The third kappa shape index (κ3) is 4.39. The first kappa shape index (κ1) is 23.0. The van der Waals surface area contributed by atoms with E-state index in [2.05, 4.69) is 24.1 Å². The number of rotatable bonds is 5. The van der Waals surface area contributed by atoms with E-state index in [1.165, 1.54) is 18.1 Å². The van der Waals surface area contributed by atoms with Gasteiger partial charge in [0.25, 0.3) is 11.5 Å². The van der Waals surface area contributed by atoms with E-state index in [0.717, 1.165) is 12.8 Å². The number of benzene rings is 2. The van der Waals surface area contributed by atoms with Crippen LogP contribution in [-0.4, -0.2) is 35.7 Å². The maximum atomic E-state index is 13.3. The van der Waals surface area contributed by atoms with Gasteiger partial charge in [-0.3, -0.25) is 9.59 Å². The lowest BCUT2D eigenvalue weighted by molar-refractivity contribution is 0.0891. The van der Waals surface area contributed by atoms with Crippen molar-refractivity contribution in [1.29, 1.82) is 0 Å². The quantitative estimate of drug-likeness (QED) is 0.535. The minimum Gasteiger partial charge on any atom is -0.497 e. The molecule has 4 rings (SSSR count). The van der Waals surface area contributed by atoms with Gasteiger partial charge < -0.3 is 19.8 Å². The number of aromatic nitrogens is 2. The van der Waals surface area contributed by atoms with Gasteiger partial charge in [0, 0.05) is 17.7 Å². The fraction of sp³-hybridized carbons (Fsp3) is 0.400. The zero-order valence-electron chi connectivity index (χ0n) is 19.3. The first-order chi connectivity index (χ1) is 15.8. The molecule has 0 spiro atoms. The normalized spacial score (nSPS) is 20.4. The SMILES string of the molecule is COc1ccc(-n2c(=S)[nH]c3cc(C(=O)N[C@@H]4CCC[C@H](C)[C@H]4C)ccc3c2=O)c(OC)c1. The molecule has 0 bridgehead atoms. The highest BCUT2D eigenvalue weighted by molar-refractivity contribution is 7.71. The van der Waals surface area contributed by atoms with Crippen molar-refractivity contribution < 1.29 is 14.3 Å². The topological polar surface area (TPSA) is 85.4 Å². The molecule has 1 aromatic heterocycles. The summed E-state index contributed by atoms with van der Waals surface area (Å²) in [7, 11) is 3.09. The van der Waals surface area contributed by atoms with Gasteiger partial charge in [0.15, 0.2) is 4.77 Å². The summed E-state index contributed by atoms with van der Waals surface area (Å²) in [6.07, 6.45) is 3.31. The molecule has 8 heteroatoms.